The SMILES string of the molecule is CCCCC(CC)C(=O)c1cc(C)cc(F)c1. The van der Waals surface area contributed by atoms with Gasteiger partial charge in [-0.15, -0.1) is 0 Å². The summed E-state index contributed by atoms with van der Waals surface area (Å²) in [6.07, 6.45) is 3.88. The molecule has 0 aliphatic heterocycles. The zero-order chi connectivity index (χ0) is 12.8. The van der Waals surface area contributed by atoms with Gasteiger partial charge in [0.15, 0.2) is 5.78 Å². The van der Waals surface area contributed by atoms with Crippen molar-refractivity contribution < 1.29 is 9.18 Å². The number of Topliss-reactive ketones (excluding diaryl/α,β-unsaturated/α-hetero) is 1. The van der Waals surface area contributed by atoms with Gasteiger partial charge in [-0.3, -0.25) is 4.79 Å². The van der Waals surface area contributed by atoms with Crippen LogP contribution in [-0.2, 0) is 0 Å². The molecule has 0 aliphatic carbocycles. The van der Waals surface area contributed by atoms with Crippen LogP contribution in [0.4, 0.5) is 4.39 Å². The number of unbranched alkanes of at least 4 members (excludes halogenated alkanes) is 1. The van der Waals surface area contributed by atoms with Crippen molar-refractivity contribution in [2.24, 2.45) is 5.92 Å². The Labute approximate surface area is 103 Å². The van der Waals surface area contributed by atoms with Gasteiger partial charge in [-0.25, -0.2) is 4.39 Å². The predicted octanol–water partition coefficient (Wildman–Crippen LogP) is 4.53. The number of hydrogen-bond donors (Lipinski definition) is 0. The van der Waals surface area contributed by atoms with Gasteiger partial charge in [0.2, 0.25) is 0 Å². The van der Waals surface area contributed by atoms with Crippen LogP contribution < -0.4 is 0 Å². The number of halogens is 1. The molecule has 1 aromatic carbocycles. The lowest BCUT2D eigenvalue weighted by molar-refractivity contribution is 0.0907. The van der Waals surface area contributed by atoms with Crippen molar-refractivity contribution in [1.82, 2.24) is 0 Å². The van der Waals surface area contributed by atoms with E-state index in [1.165, 1.54) is 12.1 Å². The maximum atomic E-state index is 13.3. The summed E-state index contributed by atoms with van der Waals surface area (Å²) in [7, 11) is 0. The Morgan fingerprint density at radius 1 is 1.29 bits per heavy atom. The van der Waals surface area contributed by atoms with Gasteiger partial charge in [0.1, 0.15) is 5.82 Å². The molecule has 0 saturated heterocycles. The van der Waals surface area contributed by atoms with E-state index < -0.39 is 0 Å². The molecule has 0 aromatic heterocycles. The second kappa shape index (κ2) is 6.53. The molecule has 0 aliphatic rings. The number of carbonyl (C=O) groups is 1. The molecule has 0 bridgehead atoms. The van der Waals surface area contributed by atoms with Crippen LogP contribution in [0.25, 0.3) is 0 Å². The van der Waals surface area contributed by atoms with E-state index in [2.05, 4.69) is 6.92 Å². The predicted molar refractivity (Wildman–Crippen MR) is 68.8 cm³/mol. The Hall–Kier alpha value is -1.18. The van der Waals surface area contributed by atoms with E-state index in [4.69, 9.17) is 0 Å². The average molecular weight is 236 g/mol. The lowest BCUT2D eigenvalue weighted by Crippen LogP contribution is -2.14. The molecule has 0 radical (unpaired) electrons. The van der Waals surface area contributed by atoms with Gasteiger partial charge in [-0.2, -0.15) is 0 Å². The summed E-state index contributed by atoms with van der Waals surface area (Å²) in [6, 6.07) is 4.58. The van der Waals surface area contributed by atoms with Crippen molar-refractivity contribution in [3.63, 3.8) is 0 Å². The maximum absolute atomic E-state index is 13.3. The number of rotatable bonds is 6. The van der Waals surface area contributed by atoms with Crippen molar-refractivity contribution in [2.45, 2.75) is 46.5 Å². The van der Waals surface area contributed by atoms with Crippen LogP contribution in [0, 0.1) is 18.7 Å². The number of carbonyl (C=O) groups excluding carboxylic acids is 1. The van der Waals surface area contributed by atoms with Crippen LogP contribution in [0.1, 0.15) is 55.5 Å². The fourth-order valence-electron chi connectivity index (χ4n) is 2.09. The first-order valence-corrected chi connectivity index (χ1v) is 6.39. The Morgan fingerprint density at radius 2 is 2.00 bits per heavy atom. The highest BCUT2D eigenvalue weighted by molar-refractivity contribution is 5.98. The van der Waals surface area contributed by atoms with Gasteiger partial charge in [0, 0.05) is 11.5 Å². The number of benzene rings is 1. The van der Waals surface area contributed by atoms with Crippen LogP contribution in [-0.4, -0.2) is 5.78 Å². The van der Waals surface area contributed by atoms with Crippen LogP contribution in [0.3, 0.4) is 0 Å². The molecule has 0 fully saturated rings. The van der Waals surface area contributed by atoms with Crippen LogP contribution in [0.2, 0.25) is 0 Å². The summed E-state index contributed by atoms with van der Waals surface area (Å²) < 4.78 is 13.3. The molecular formula is C15H21FO. The Morgan fingerprint density at radius 3 is 2.53 bits per heavy atom. The number of ketones is 1. The quantitative estimate of drug-likeness (QED) is 0.663. The molecular weight excluding hydrogens is 215 g/mol. The number of aryl methyl sites for hydroxylation is 1. The van der Waals surface area contributed by atoms with Crippen LogP contribution >= 0.6 is 0 Å². The van der Waals surface area contributed by atoms with Gasteiger partial charge >= 0.3 is 0 Å². The summed E-state index contributed by atoms with van der Waals surface area (Å²) in [5.74, 6) is -0.196. The first-order chi connectivity index (χ1) is 8.08. The zero-order valence-electron chi connectivity index (χ0n) is 10.9. The van der Waals surface area contributed by atoms with Crippen LogP contribution in [0.15, 0.2) is 18.2 Å². The van der Waals surface area contributed by atoms with Crippen LogP contribution in [0.5, 0.6) is 0 Å². The van der Waals surface area contributed by atoms with Gasteiger partial charge in [0.25, 0.3) is 0 Å². The first-order valence-electron chi connectivity index (χ1n) is 6.39. The second-order valence-electron chi connectivity index (χ2n) is 4.63. The van der Waals surface area contributed by atoms with Gasteiger partial charge in [-0.1, -0.05) is 26.7 Å². The van der Waals surface area contributed by atoms with E-state index in [-0.39, 0.29) is 17.5 Å². The summed E-state index contributed by atoms with van der Waals surface area (Å²) >= 11 is 0. The molecule has 1 aromatic rings. The molecule has 0 amide bonds. The molecule has 94 valence electrons. The lowest BCUT2D eigenvalue weighted by atomic mass is 9.90. The summed E-state index contributed by atoms with van der Waals surface area (Å²) in [5.41, 5.74) is 1.32. The van der Waals surface area contributed by atoms with E-state index in [1.54, 1.807) is 6.07 Å². The molecule has 1 atom stereocenters. The van der Waals surface area contributed by atoms with Crippen molar-refractivity contribution in [3.8, 4) is 0 Å². The average Bonchev–Trinajstić information content (AvgIpc) is 2.28. The highest BCUT2D eigenvalue weighted by Crippen LogP contribution is 2.20. The molecule has 2 heteroatoms. The summed E-state index contributed by atoms with van der Waals surface area (Å²) in [4.78, 5) is 12.2. The summed E-state index contributed by atoms with van der Waals surface area (Å²) in [5, 5.41) is 0. The topological polar surface area (TPSA) is 17.1 Å². The largest absolute Gasteiger partial charge is 0.294 e. The smallest absolute Gasteiger partial charge is 0.166 e. The molecule has 0 N–H and O–H groups in total. The monoisotopic (exact) mass is 236 g/mol. The third-order valence-electron chi connectivity index (χ3n) is 3.10. The molecule has 0 heterocycles. The molecule has 1 rings (SSSR count). The molecule has 0 spiro atoms. The van der Waals surface area contributed by atoms with E-state index in [0.717, 1.165) is 31.2 Å². The van der Waals surface area contributed by atoms with Crippen molar-refractivity contribution in [3.05, 3.63) is 35.1 Å². The van der Waals surface area contributed by atoms with E-state index in [1.807, 2.05) is 13.8 Å². The lowest BCUT2D eigenvalue weighted by Gasteiger charge is -2.13. The number of hydrogen-bond acceptors (Lipinski definition) is 1. The van der Waals surface area contributed by atoms with Gasteiger partial charge < -0.3 is 0 Å². The minimum absolute atomic E-state index is 0.0381. The van der Waals surface area contributed by atoms with E-state index >= 15 is 0 Å². The highest BCUT2D eigenvalue weighted by atomic mass is 19.1. The highest BCUT2D eigenvalue weighted by Gasteiger charge is 2.18. The minimum Gasteiger partial charge on any atom is -0.294 e. The van der Waals surface area contributed by atoms with Crippen molar-refractivity contribution >= 4 is 5.78 Å². The third-order valence-corrected chi connectivity index (χ3v) is 3.10. The second-order valence-corrected chi connectivity index (χ2v) is 4.63. The fourth-order valence-corrected chi connectivity index (χ4v) is 2.09. The fraction of sp³-hybridized carbons (Fsp3) is 0.533. The van der Waals surface area contributed by atoms with Crippen molar-refractivity contribution in [1.29, 1.82) is 0 Å². The molecule has 0 saturated carbocycles. The van der Waals surface area contributed by atoms with E-state index in [0.29, 0.717) is 5.56 Å². The molecule has 1 nitrogen and oxygen atoms in total. The normalized spacial score (nSPS) is 12.5. The third kappa shape index (κ3) is 3.95. The Balaban J connectivity index is 2.85. The first kappa shape index (κ1) is 13.9. The Kier molecular flexibility index (Phi) is 5.33. The molecule has 1 unspecified atom stereocenters. The Bertz CT molecular complexity index is 364. The van der Waals surface area contributed by atoms with E-state index in [9.17, 15) is 9.18 Å². The van der Waals surface area contributed by atoms with Gasteiger partial charge in [0.05, 0.1) is 0 Å². The standard InChI is InChI=1S/C15H21FO/c1-4-6-7-12(5-2)15(17)13-8-11(3)9-14(16)10-13/h8-10,12H,4-7H2,1-3H3. The zero-order valence-corrected chi connectivity index (χ0v) is 10.9. The minimum atomic E-state index is -0.321. The maximum Gasteiger partial charge on any atom is 0.166 e. The van der Waals surface area contributed by atoms with Crippen molar-refractivity contribution in [2.75, 3.05) is 0 Å². The molecule has 17 heavy (non-hydrogen) atoms. The summed E-state index contributed by atoms with van der Waals surface area (Å²) in [6.45, 7) is 5.95. The van der Waals surface area contributed by atoms with Gasteiger partial charge in [-0.05, 0) is 43.5 Å².